The molecule has 0 aliphatic heterocycles. The van der Waals surface area contributed by atoms with Crippen molar-refractivity contribution in [2.24, 2.45) is 0 Å². The molecular weight excluding hydrogens is 312 g/mol. The molecular formula is C18H14O6. The fourth-order valence-electron chi connectivity index (χ4n) is 2.53. The minimum Gasteiger partial charge on any atom is -0.508 e. The summed E-state index contributed by atoms with van der Waals surface area (Å²) in [5.74, 6) is -0.740. The standard InChI is InChI=1S/C18H14O6/c1-23-9-15-16(10-2-4-11(5-3-10)18(21)22)17(20)13-7-6-12(19)8-14(13)24-15/h2-8,19H,9H2,1H3,(H,21,22). The zero-order chi connectivity index (χ0) is 17.3. The number of methoxy groups -OCH3 is 1. The Morgan fingerprint density at radius 2 is 1.88 bits per heavy atom. The van der Waals surface area contributed by atoms with Gasteiger partial charge in [-0.1, -0.05) is 12.1 Å². The first kappa shape index (κ1) is 15.8. The van der Waals surface area contributed by atoms with Gasteiger partial charge in [-0.2, -0.15) is 0 Å². The van der Waals surface area contributed by atoms with E-state index in [9.17, 15) is 14.7 Å². The molecule has 0 saturated heterocycles. The Kier molecular flexibility index (Phi) is 4.05. The van der Waals surface area contributed by atoms with Crippen LogP contribution >= 0.6 is 0 Å². The summed E-state index contributed by atoms with van der Waals surface area (Å²) in [6.45, 7) is 0.0663. The second-order valence-corrected chi connectivity index (χ2v) is 5.23. The summed E-state index contributed by atoms with van der Waals surface area (Å²) in [5.41, 5.74) is 0.967. The van der Waals surface area contributed by atoms with Crippen LogP contribution in [0.2, 0.25) is 0 Å². The Balaban J connectivity index is 2.27. The second-order valence-electron chi connectivity index (χ2n) is 5.23. The van der Waals surface area contributed by atoms with E-state index in [-0.39, 0.29) is 28.9 Å². The van der Waals surface area contributed by atoms with Crippen LogP contribution in [0.25, 0.3) is 22.1 Å². The molecule has 1 heterocycles. The van der Waals surface area contributed by atoms with Crippen LogP contribution in [0.5, 0.6) is 5.75 Å². The van der Waals surface area contributed by atoms with Crippen LogP contribution in [-0.4, -0.2) is 23.3 Å². The molecule has 0 bridgehead atoms. The predicted octanol–water partition coefficient (Wildman–Crippen LogP) is 3.01. The number of ether oxygens (including phenoxy) is 1. The van der Waals surface area contributed by atoms with E-state index in [1.54, 1.807) is 12.1 Å². The van der Waals surface area contributed by atoms with Gasteiger partial charge in [-0.05, 0) is 29.8 Å². The summed E-state index contributed by atoms with van der Waals surface area (Å²) in [4.78, 5) is 23.8. The average Bonchev–Trinajstić information content (AvgIpc) is 2.55. The van der Waals surface area contributed by atoms with Crippen molar-refractivity contribution < 1.29 is 24.2 Å². The normalized spacial score (nSPS) is 10.9. The molecule has 0 fully saturated rings. The molecule has 2 aromatic carbocycles. The molecule has 24 heavy (non-hydrogen) atoms. The molecule has 122 valence electrons. The molecule has 1 aromatic heterocycles. The van der Waals surface area contributed by atoms with Gasteiger partial charge in [0.2, 0.25) is 5.43 Å². The third-order valence-electron chi connectivity index (χ3n) is 3.64. The molecule has 6 nitrogen and oxygen atoms in total. The zero-order valence-corrected chi connectivity index (χ0v) is 12.8. The lowest BCUT2D eigenvalue weighted by atomic mass is 10.0. The van der Waals surface area contributed by atoms with Crippen LogP contribution in [0.3, 0.4) is 0 Å². The maximum atomic E-state index is 12.8. The highest BCUT2D eigenvalue weighted by Gasteiger charge is 2.17. The van der Waals surface area contributed by atoms with Crippen LogP contribution in [0, 0.1) is 0 Å². The highest BCUT2D eigenvalue weighted by atomic mass is 16.5. The van der Waals surface area contributed by atoms with E-state index in [0.29, 0.717) is 22.3 Å². The van der Waals surface area contributed by atoms with Crippen molar-refractivity contribution in [1.29, 1.82) is 0 Å². The summed E-state index contributed by atoms with van der Waals surface area (Å²) < 4.78 is 10.8. The van der Waals surface area contributed by atoms with Gasteiger partial charge in [0.1, 0.15) is 23.7 Å². The second kappa shape index (κ2) is 6.17. The van der Waals surface area contributed by atoms with Crippen LogP contribution < -0.4 is 5.43 Å². The lowest BCUT2D eigenvalue weighted by Crippen LogP contribution is -2.10. The van der Waals surface area contributed by atoms with E-state index >= 15 is 0 Å². The lowest BCUT2D eigenvalue weighted by Gasteiger charge is -2.10. The molecule has 3 rings (SSSR count). The molecule has 0 saturated carbocycles. The Labute approximate surface area is 136 Å². The molecule has 0 unspecified atom stereocenters. The Morgan fingerprint density at radius 1 is 1.17 bits per heavy atom. The monoisotopic (exact) mass is 326 g/mol. The number of fused-ring (bicyclic) bond motifs is 1. The summed E-state index contributed by atoms with van der Waals surface area (Å²) in [6.07, 6.45) is 0. The fourth-order valence-corrected chi connectivity index (χ4v) is 2.53. The molecule has 0 atom stereocenters. The lowest BCUT2D eigenvalue weighted by molar-refractivity contribution is 0.0697. The third-order valence-corrected chi connectivity index (χ3v) is 3.64. The number of aromatic hydroxyl groups is 1. The van der Waals surface area contributed by atoms with Crippen molar-refractivity contribution in [3.8, 4) is 16.9 Å². The molecule has 0 radical (unpaired) electrons. The number of phenols is 1. The number of benzene rings is 2. The molecule has 2 N–H and O–H groups in total. The van der Waals surface area contributed by atoms with E-state index in [1.807, 2.05) is 0 Å². The quantitative estimate of drug-likeness (QED) is 0.765. The number of carboxylic acid groups (broad SMARTS) is 1. The molecule has 0 amide bonds. The average molecular weight is 326 g/mol. The molecule has 0 aliphatic rings. The van der Waals surface area contributed by atoms with Crippen molar-refractivity contribution in [2.75, 3.05) is 7.11 Å². The van der Waals surface area contributed by atoms with Gasteiger partial charge in [0.25, 0.3) is 0 Å². The molecule has 0 spiro atoms. The van der Waals surface area contributed by atoms with E-state index < -0.39 is 5.97 Å². The van der Waals surface area contributed by atoms with E-state index in [2.05, 4.69) is 0 Å². The highest BCUT2D eigenvalue weighted by molar-refractivity contribution is 5.89. The zero-order valence-electron chi connectivity index (χ0n) is 12.8. The highest BCUT2D eigenvalue weighted by Crippen LogP contribution is 2.27. The number of carboxylic acids is 1. The maximum absolute atomic E-state index is 12.8. The van der Waals surface area contributed by atoms with E-state index in [1.165, 1.54) is 37.4 Å². The van der Waals surface area contributed by atoms with Crippen LogP contribution in [0.15, 0.2) is 51.7 Å². The van der Waals surface area contributed by atoms with Crippen molar-refractivity contribution >= 4 is 16.9 Å². The predicted molar refractivity (Wildman–Crippen MR) is 87.3 cm³/mol. The van der Waals surface area contributed by atoms with Gasteiger partial charge >= 0.3 is 5.97 Å². The number of aromatic carboxylic acids is 1. The molecule has 3 aromatic rings. The number of hydrogen-bond acceptors (Lipinski definition) is 5. The van der Waals surface area contributed by atoms with Crippen molar-refractivity contribution in [3.05, 3.63) is 64.0 Å². The van der Waals surface area contributed by atoms with Crippen molar-refractivity contribution in [2.45, 2.75) is 6.61 Å². The van der Waals surface area contributed by atoms with E-state index in [0.717, 1.165) is 0 Å². The summed E-state index contributed by atoms with van der Waals surface area (Å²) in [6, 6.07) is 10.2. The first-order chi connectivity index (χ1) is 11.5. The molecule has 6 heteroatoms. The van der Waals surface area contributed by atoms with Gasteiger partial charge in [-0.3, -0.25) is 4.79 Å². The molecule has 0 aliphatic carbocycles. The third kappa shape index (κ3) is 2.75. The van der Waals surface area contributed by atoms with Gasteiger partial charge in [-0.15, -0.1) is 0 Å². The van der Waals surface area contributed by atoms with Gasteiger partial charge < -0.3 is 19.4 Å². The van der Waals surface area contributed by atoms with Gasteiger partial charge in [0.15, 0.2) is 0 Å². The van der Waals surface area contributed by atoms with Gasteiger partial charge in [0.05, 0.1) is 16.5 Å². The van der Waals surface area contributed by atoms with Gasteiger partial charge in [-0.25, -0.2) is 4.79 Å². The smallest absolute Gasteiger partial charge is 0.335 e. The Hall–Kier alpha value is -3.12. The SMILES string of the molecule is COCc1oc2cc(O)ccc2c(=O)c1-c1ccc(C(=O)O)cc1. The Morgan fingerprint density at radius 3 is 2.50 bits per heavy atom. The number of hydrogen-bond donors (Lipinski definition) is 2. The number of rotatable bonds is 4. The first-order valence-corrected chi connectivity index (χ1v) is 7.12. The number of phenolic OH excluding ortho intramolecular Hbond substituents is 1. The van der Waals surface area contributed by atoms with Crippen LogP contribution in [0.4, 0.5) is 0 Å². The maximum Gasteiger partial charge on any atom is 0.335 e. The van der Waals surface area contributed by atoms with Crippen molar-refractivity contribution in [1.82, 2.24) is 0 Å². The topological polar surface area (TPSA) is 97.0 Å². The first-order valence-electron chi connectivity index (χ1n) is 7.12. The van der Waals surface area contributed by atoms with Crippen molar-refractivity contribution in [3.63, 3.8) is 0 Å². The number of carbonyl (C=O) groups is 1. The van der Waals surface area contributed by atoms with Crippen LogP contribution in [-0.2, 0) is 11.3 Å². The summed E-state index contributed by atoms with van der Waals surface area (Å²) in [5, 5.41) is 18.9. The largest absolute Gasteiger partial charge is 0.508 e. The minimum absolute atomic E-state index is 0.00687. The van der Waals surface area contributed by atoms with Gasteiger partial charge in [0, 0.05) is 13.2 Å². The summed E-state index contributed by atoms with van der Waals surface area (Å²) in [7, 11) is 1.48. The fraction of sp³-hybridized carbons (Fsp3) is 0.111. The summed E-state index contributed by atoms with van der Waals surface area (Å²) >= 11 is 0. The minimum atomic E-state index is -1.04. The van der Waals surface area contributed by atoms with E-state index in [4.69, 9.17) is 14.3 Å². The Bertz CT molecular complexity index is 969. The van der Waals surface area contributed by atoms with Crippen LogP contribution in [0.1, 0.15) is 16.1 Å².